The highest BCUT2D eigenvalue weighted by atomic mass is 35.5. The van der Waals surface area contributed by atoms with Gasteiger partial charge in [0.05, 0.1) is 0 Å². The summed E-state index contributed by atoms with van der Waals surface area (Å²) in [6.07, 6.45) is 0. The molecule has 2 N–H and O–H groups in total. The van der Waals surface area contributed by atoms with Gasteiger partial charge in [0, 0.05) is 28.6 Å². The lowest BCUT2D eigenvalue weighted by molar-refractivity contribution is 0.466. The van der Waals surface area contributed by atoms with E-state index in [2.05, 4.69) is 10.2 Å². The molecule has 0 bridgehead atoms. The van der Waals surface area contributed by atoms with Crippen LogP contribution < -0.4 is 21.1 Å². The summed E-state index contributed by atoms with van der Waals surface area (Å²) in [5.74, 6) is -0.850. The van der Waals surface area contributed by atoms with Gasteiger partial charge in [0.2, 0.25) is 0 Å². The molecule has 0 aliphatic rings. The molecule has 0 aliphatic carbocycles. The van der Waals surface area contributed by atoms with Crippen LogP contribution in [-0.4, -0.2) is 11.7 Å². The zero-order valence-electron chi connectivity index (χ0n) is 17.2. The number of nitrogens with zero attached hydrogens (tertiary/aromatic N) is 1. The maximum atomic E-state index is 13.7. The first-order valence-electron chi connectivity index (χ1n) is 10.0. The lowest BCUT2D eigenvalue weighted by atomic mass is 9.99. The Balaban J connectivity index is 1.67. The van der Waals surface area contributed by atoms with Crippen LogP contribution >= 0.6 is 11.6 Å². The minimum Gasteiger partial charge on any atom is -0.502 e. The normalized spacial score (nSPS) is 12.0. The first-order valence-corrected chi connectivity index (χ1v) is 10.4. The highest BCUT2D eigenvalue weighted by Crippen LogP contribution is 2.32. The van der Waals surface area contributed by atoms with E-state index in [0.717, 1.165) is 16.9 Å². The molecule has 4 aromatic rings. The third-order valence-electron chi connectivity index (χ3n) is 5.32. The summed E-state index contributed by atoms with van der Waals surface area (Å²) in [5.41, 5.74) is 1.34. The molecule has 1 atom stereocenters. The van der Waals surface area contributed by atoms with Crippen LogP contribution in [0.3, 0.4) is 0 Å². The van der Waals surface area contributed by atoms with Crippen LogP contribution in [-0.2, 0) is 0 Å². The summed E-state index contributed by atoms with van der Waals surface area (Å²) in [6, 6.07) is 21.1. The summed E-state index contributed by atoms with van der Waals surface area (Å²) >= 11 is 6.07. The van der Waals surface area contributed by atoms with Crippen molar-refractivity contribution in [1.82, 2.24) is 0 Å². The average Bonchev–Trinajstić information content (AvgIpc) is 2.81. The van der Waals surface area contributed by atoms with E-state index in [1.54, 1.807) is 30.3 Å². The maximum absolute atomic E-state index is 13.7. The van der Waals surface area contributed by atoms with Gasteiger partial charge in [-0.1, -0.05) is 36.7 Å². The number of halogens is 2. The molecule has 0 saturated heterocycles. The molecule has 7 heteroatoms. The summed E-state index contributed by atoms with van der Waals surface area (Å²) < 4.78 is 13.7. The lowest BCUT2D eigenvalue weighted by Crippen LogP contribution is -2.32. The molecule has 0 radical (unpaired) electrons. The van der Waals surface area contributed by atoms with Crippen LogP contribution in [0.5, 0.6) is 5.75 Å². The van der Waals surface area contributed by atoms with Gasteiger partial charge in [-0.25, -0.2) is 4.39 Å². The molecule has 1 unspecified atom stereocenters. The molecule has 0 saturated carbocycles. The van der Waals surface area contributed by atoms with E-state index in [0.29, 0.717) is 17.3 Å². The topological polar surface area (TPSA) is 69.6 Å². The Morgan fingerprint density at radius 1 is 0.969 bits per heavy atom. The number of benzene rings is 3. The smallest absolute Gasteiger partial charge is 0.271 e. The lowest BCUT2D eigenvalue weighted by Gasteiger charge is -2.29. The second kappa shape index (κ2) is 8.85. The first-order chi connectivity index (χ1) is 15.3. The fourth-order valence-electron chi connectivity index (χ4n) is 3.56. The molecule has 0 fully saturated rings. The van der Waals surface area contributed by atoms with Crippen molar-refractivity contribution in [3.8, 4) is 5.75 Å². The molecule has 4 aromatic carbocycles. The Morgan fingerprint density at radius 2 is 1.69 bits per heavy atom. The maximum Gasteiger partial charge on any atom is 0.271 e. The second-order valence-electron chi connectivity index (χ2n) is 7.60. The van der Waals surface area contributed by atoms with Gasteiger partial charge in [-0.15, -0.1) is 0 Å². The zero-order valence-corrected chi connectivity index (χ0v) is 17.9. The second-order valence-corrected chi connectivity index (χ2v) is 8.04. The van der Waals surface area contributed by atoms with Gasteiger partial charge in [0.25, 0.3) is 10.9 Å². The number of nitrogens with one attached hydrogen (secondary N) is 1. The van der Waals surface area contributed by atoms with Gasteiger partial charge < -0.3 is 15.3 Å². The summed E-state index contributed by atoms with van der Waals surface area (Å²) in [4.78, 5) is 25.0. The van der Waals surface area contributed by atoms with Crippen molar-refractivity contribution in [1.29, 1.82) is 0 Å². The highest BCUT2D eigenvalue weighted by molar-refractivity contribution is 6.30. The molecular formula is C25H20ClFN2O3. The SMILES string of the molecule is CC(CN(c1ccc(Cl)cc1)c1cccc(Nc2c(O)c(=O)c2=O)c1)c1cccc(F)c1. The largest absolute Gasteiger partial charge is 0.502 e. The monoisotopic (exact) mass is 450 g/mol. The van der Waals surface area contributed by atoms with Gasteiger partial charge in [-0.05, 0) is 66.1 Å². The Morgan fingerprint density at radius 3 is 2.38 bits per heavy atom. The number of anilines is 4. The average molecular weight is 451 g/mol. The van der Waals surface area contributed by atoms with E-state index in [9.17, 15) is 19.1 Å². The fraction of sp³-hybridized carbons (Fsp3) is 0.120. The third kappa shape index (κ3) is 4.36. The van der Waals surface area contributed by atoms with Crippen molar-refractivity contribution in [2.75, 3.05) is 16.8 Å². The molecule has 0 spiro atoms. The van der Waals surface area contributed by atoms with Gasteiger partial charge in [-0.2, -0.15) is 0 Å². The first kappa shape index (κ1) is 21.6. The summed E-state index contributed by atoms with van der Waals surface area (Å²) in [7, 11) is 0. The molecule has 0 amide bonds. The highest BCUT2D eigenvalue weighted by Gasteiger charge is 2.21. The molecule has 0 aromatic heterocycles. The van der Waals surface area contributed by atoms with Crippen molar-refractivity contribution in [2.24, 2.45) is 0 Å². The fourth-order valence-corrected chi connectivity index (χ4v) is 3.69. The standard InChI is InChI=1S/C25H20ClFN2O3/c1-15(16-4-2-5-18(27)12-16)14-29(20-10-8-17(26)9-11-20)21-7-3-6-19(13-21)28-22-23(30)25(32)24(22)31/h2-13,15,28,30H,14H2,1H3. The van der Waals surface area contributed by atoms with Crippen LogP contribution in [0.15, 0.2) is 82.4 Å². The third-order valence-corrected chi connectivity index (χ3v) is 5.58. The van der Waals surface area contributed by atoms with Crippen molar-refractivity contribution < 1.29 is 9.50 Å². The van der Waals surface area contributed by atoms with Gasteiger partial charge in [0.15, 0.2) is 5.75 Å². The van der Waals surface area contributed by atoms with Gasteiger partial charge in [0.1, 0.15) is 11.5 Å². The van der Waals surface area contributed by atoms with Crippen molar-refractivity contribution >= 4 is 34.4 Å². The van der Waals surface area contributed by atoms with E-state index in [4.69, 9.17) is 11.6 Å². The zero-order chi connectivity index (χ0) is 22.8. The Kier molecular flexibility index (Phi) is 5.97. The number of hydrogen-bond donors (Lipinski definition) is 2. The molecule has 4 rings (SSSR count). The van der Waals surface area contributed by atoms with E-state index in [1.165, 1.54) is 12.1 Å². The van der Waals surface area contributed by atoms with E-state index < -0.39 is 16.6 Å². The van der Waals surface area contributed by atoms with Crippen LogP contribution in [0.1, 0.15) is 18.4 Å². The van der Waals surface area contributed by atoms with Gasteiger partial charge in [-0.3, -0.25) is 9.59 Å². The Hall–Kier alpha value is -3.64. The molecule has 32 heavy (non-hydrogen) atoms. The molecule has 162 valence electrons. The number of hydrogen-bond acceptors (Lipinski definition) is 5. The van der Waals surface area contributed by atoms with Crippen LogP contribution in [0.4, 0.5) is 27.1 Å². The summed E-state index contributed by atoms with van der Waals surface area (Å²) in [6.45, 7) is 2.56. The molecule has 0 aliphatic heterocycles. The van der Waals surface area contributed by atoms with Crippen molar-refractivity contribution in [3.05, 3.63) is 110 Å². The Bertz CT molecular complexity index is 1330. The molecule has 5 nitrogen and oxygen atoms in total. The van der Waals surface area contributed by atoms with E-state index in [-0.39, 0.29) is 17.4 Å². The Labute approximate surface area is 189 Å². The number of rotatable bonds is 7. The molecular weight excluding hydrogens is 431 g/mol. The predicted molar refractivity (Wildman–Crippen MR) is 126 cm³/mol. The van der Waals surface area contributed by atoms with Crippen molar-refractivity contribution in [2.45, 2.75) is 12.8 Å². The van der Waals surface area contributed by atoms with Crippen LogP contribution in [0.2, 0.25) is 5.02 Å². The molecule has 0 heterocycles. The van der Waals surface area contributed by atoms with Crippen LogP contribution in [0, 0.1) is 5.82 Å². The minimum atomic E-state index is -0.893. The number of aromatic hydroxyl groups is 1. The minimum absolute atomic E-state index is 0.00409. The summed E-state index contributed by atoms with van der Waals surface area (Å²) in [5, 5.41) is 13.1. The van der Waals surface area contributed by atoms with Crippen molar-refractivity contribution in [3.63, 3.8) is 0 Å². The quantitative estimate of drug-likeness (QED) is 0.365. The van der Waals surface area contributed by atoms with E-state index in [1.807, 2.05) is 37.3 Å². The van der Waals surface area contributed by atoms with Gasteiger partial charge >= 0.3 is 0 Å². The predicted octanol–water partition coefficient (Wildman–Crippen LogP) is 5.47. The van der Waals surface area contributed by atoms with Crippen LogP contribution in [0.25, 0.3) is 0 Å². The van der Waals surface area contributed by atoms with E-state index >= 15 is 0 Å².